The van der Waals surface area contributed by atoms with Gasteiger partial charge in [0, 0.05) is 24.9 Å². The van der Waals surface area contributed by atoms with Crippen LogP contribution in [0.15, 0.2) is 24.3 Å². The van der Waals surface area contributed by atoms with Crippen molar-refractivity contribution in [3.05, 3.63) is 29.8 Å². The first-order chi connectivity index (χ1) is 10.3. The Hall–Kier alpha value is -1.73. The molecule has 0 spiro atoms. The van der Waals surface area contributed by atoms with Crippen LogP contribution in [0.1, 0.15) is 12.0 Å². The van der Waals surface area contributed by atoms with Crippen LogP contribution in [0.25, 0.3) is 0 Å². The van der Waals surface area contributed by atoms with Crippen LogP contribution in [0.2, 0.25) is 0 Å². The molecule has 0 saturated heterocycles. The van der Waals surface area contributed by atoms with E-state index in [9.17, 15) is 24.7 Å². The highest BCUT2D eigenvalue weighted by Gasteiger charge is 2.31. The van der Waals surface area contributed by atoms with E-state index in [1.54, 1.807) is 6.07 Å². The molecule has 0 aliphatic heterocycles. The normalized spacial score (nSPS) is 14.9. The lowest BCUT2D eigenvalue weighted by molar-refractivity contribution is -0.308. The highest BCUT2D eigenvalue weighted by molar-refractivity contribution is 7.59. The third-order valence-electron chi connectivity index (χ3n) is 2.79. The van der Waals surface area contributed by atoms with Crippen molar-refractivity contribution in [3.63, 3.8) is 0 Å². The minimum atomic E-state index is -3.60. The summed E-state index contributed by atoms with van der Waals surface area (Å²) in [6, 6.07) is 4.66. The molecule has 1 rings (SSSR count). The third kappa shape index (κ3) is 5.95. The van der Waals surface area contributed by atoms with Gasteiger partial charge in [-0.25, -0.2) is 4.52 Å². The van der Waals surface area contributed by atoms with Crippen molar-refractivity contribution < 1.29 is 33.7 Å². The Kier molecular flexibility index (Phi) is 6.70. The molecule has 0 amide bonds. The summed E-state index contributed by atoms with van der Waals surface area (Å²) < 4.78 is 10.1. The maximum atomic E-state index is 12.4. The maximum absolute atomic E-state index is 12.4. The first-order valence-electron chi connectivity index (χ1n) is 6.35. The lowest BCUT2D eigenvalue weighted by Crippen LogP contribution is -2.43. The average molecular weight is 329 g/mol. The number of rotatable bonds is 9. The highest BCUT2D eigenvalue weighted by atomic mass is 31.2. The molecular weight excluding hydrogens is 313 g/mol. The zero-order valence-corrected chi connectivity index (χ0v) is 12.8. The molecule has 0 fully saturated rings. The van der Waals surface area contributed by atoms with Gasteiger partial charge in [-0.15, -0.1) is 0 Å². The van der Waals surface area contributed by atoms with Crippen LogP contribution in [-0.4, -0.2) is 31.3 Å². The molecule has 2 unspecified atom stereocenters. The third-order valence-corrected chi connectivity index (χ3v) is 4.64. The van der Waals surface area contributed by atoms with Gasteiger partial charge in [-0.05, 0) is 17.7 Å². The van der Waals surface area contributed by atoms with E-state index in [2.05, 4.69) is 0 Å². The summed E-state index contributed by atoms with van der Waals surface area (Å²) in [6.07, 6.45) is -0.681. The van der Waals surface area contributed by atoms with Crippen molar-refractivity contribution in [2.24, 2.45) is 5.73 Å². The van der Waals surface area contributed by atoms with E-state index in [1.807, 2.05) is 0 Å². The standard InChI is InChI=1S/C13H18NO7P/c1-20-22(19,6-5-11(14)13(17)18)21-10-4-2-3-9(7-10)8-12(15)16/h2-4,7,11H,5-6,8,14H2,1H3,(H,15,16)(H,17,18)/p-2. The van der Waals surface area contributed by atoms with E-state index in [0.29, 0.717) is 5.56 Å². The summed E-state index contributed by atoms with van der Waals surface area (Å²) in [4.78, 5) is 33.5. The molecule has 1 aromatic rings. The summed E-state index contributed by atoms with van der Waals surface area (Å²) in [5.41, 5.74) is 5.69. The average Bonchev–Trinajstić information content (AvgIpc) is 2.44. The summed E-state index contributed by atoms with van der Waals surface area (Å²) in [5.74, 6) is -2.57. The van der Waals surface area contributed by atoms with Gasteiger partial charge in [-0.1, -0.05) is 12.1 Å². The second kappa shape index (κ2) is 8.05. The quantitative estimate of drug-likeness (QED) is 0.493. The summed E-state index contributed by atoms with van der Waals surface area (Å²) in [7, 11) is -2.44. The number of carboxylic acid groups (broad SMARTS) is 2. The van der Waals surface area contributed by atoms with Crippen LogP contribution >= 0.6 is 7.94 Å². The van der Waals surface area contributed by atoms with Gasteiger partial charge < -0.3 is 35.0 Å². The van der Waals surface area contributed by atoms with Gasteiger partial charge in [0.2, 0.25) is 0 Å². The van der Waals surface area contributed by atoms with Crippen molar-refractivity contribution in [2.45, 2.75) is 18.9 Å². The Morgan fingerprint density at radius 3 is 2.59 bits per heavy atom. The molecule has 0 aromatic heterocycles. The molecule has 0 radical (unpaired) electrons. The maximum Gasteiger partial charge on any atom is 0.284 e. The number of carboxylic acids is 2. The summed E-state index contributed by atoms with van der Waals surface area (Å²) >= 11 is 0. The number of carbonyl (C=O) groups is 2. The molecule has 9 heteroatoms. The molecule has 8 nitrogen and oxygen atoms in total. The van der Waals surface area contributed by atoms with Gasteiger partial charge in [-0.3, -0.25) is 0 Å². The van der Waals surface area contributed by atoms with Gasteiger partial charge >= 0.3 is 0 Å². The Morgan fingerprint density at radius 2 is 2.05 bits per heavy atom. The predicted octanol–water partition coefficient (Wildman–Crippen LogP) is -2.41. The van der Waals surface area contributed by atoms with E-state index in [-0.39, 0.29) is 24.8 Å². The lowest BCUT2D eigenvalue weighted by Gasteiger charge is -2.27. The van der Waals surface area contributed by atoms with Crippen molar-refractivity contribution >= 4 is 19.9 Å². The van der Waals surface area contributed by atoms with Crippen LogP contribution in [0.3, 0.4) is 0 Å². The molecule has 2 N–H and O–H groups in total. The van der Waals surface area contributed by atoms with Gasteiger partial charge in [0.05, 0.1) is 13.1 Å². The van der Waals surface area contributed by atoms with Crippen LogP contribution in [0.4, 0.5) is 0 Å². The minimum Gasteiger partial charge on any atom is -0.624 e. The minimum absolute atomic E-state index is 0.144. The molecule has 122 valence electrons. The van der Waals surface area contributed by atoms with Gasteiger partial charge in [0.15, 0.2) is 5.75 Å². The smallest absolute Gasteiger partial charge is 0.284 e. The lowest BCUT2D eigenvalue weighted by atomic mass is 10.1. The number of nitrogens with two attached hydrogens (primary N) is 1. The predicted molar refractivity (Wildman–Crippen MR) is 72.2 cm³/mol. The number of carbonyl (C=O) groups excluding carboxylic acids is 2. The zero-order valence-electron chi connectivity index (χ0n) is 11.9. The number of aliphatic carboxylic acids is 2. The fourth-order valence-electron chi connectivity index (χ4n) is 1.63. The largest absolute Gasteiger partial charge is 0.624 e. The number of hydrogen-bond donors (Lipinski definition) is 1. The molecular formula is C13H16NO7P-2. The molecule has 2 atom stereocenters. The van der Waals surface area contributed by atoms with Gasteiger partial charge in [0.25, 0.3) is 7.94 Å². The number of benzene rings is 1. The molecule has 0 aliphatic carbocycles. The molecule has 1 aromatic carbocycles. The Bertz CT molecular complexity index is 539. The second-order valence-electron chi connectivity index (χ2n) is 4.52. The van der Waals surface area contributed by atoms with Crippen LogP contribution in [0.5, 0.6) is 5.75 Å². The van der Waals surface area contributed by atoms with Crippen molar-refractivity contribution in [1.82, 2.24) is 0 Å². The van der Waals surface area contributed by atoms with E-state index in [0.717, 1.165) is 7.11 Å². The Morgan fingerprint density at radius 1 is 1.36 bits per heavy atom. The van der Waals surface area contributed by atoms with Gasteiger partial charge in [-0.2, -0.15) is 0 Å². The highest BCUT2D eigenvalue weighted by Crippen LogP contribution is 2.52. The van der Waals surface area contributed by atoms with Crippen LogP contribution < -0.4 is 25.4 Å². The first kappa shape index (κ1) is 18.3. The van der Waals surface area contributed by atoms with Crippen molar-refractivity contribution in [1.29, 1.82) is 0 Å². The molecule has 22 heavy (non-hydrogen) atoms. The Balaban J connectivity index is 2.75. The topological polar surface area (TPSA) is 148 Å². The SMILES string of the molecule is CO[P+]([O-])(CCC(N)C(=O)[O-])Oc1cccc(CC(=O)[O-])c1. The van der Waals surface area contributed by atoms with E-state index < -0.39 is 25.9 Å². The van der Waals surface area contributed by atoms with Crippen molar-refractivity contribution in [2.75, 3.05) is 13.3 Å². The fraction of sp³-hybridized carbons (Fsp3) is 0.385. The molecule has 0 bridgehead atoms. The molecule has 0 aliphatic rings. The van der Waals surface area contributed by atoms with E-state index in [4.69, 9.17) is 14.8 Å². The monoisotopic (exact) mass is 329 g/mol. The Labute approximate surface area is 128 Å². The molecule has 0 saturated carbocycles. The van der Waals surface area contributed by atoms with Crippen molar-refractivity contribution in [3.8, 4) is 5.75 Å². The second-order valence-corrected chi connectivity index (χ2v) is 6.74. The molecule has 0 heterocycles. The number of hydrogen-bond acceptors (Lipinski definition) is 8. The first-order valence-corrected chi connectivity index (χ1v) is 8.08. The summed E-state index contributed by atoms with van der Waals surface area (Å²) in [5, 5.41) is 21.1. The van der Waals surface area contributed by atoms with Crippen LogP contribution in [-0.2, 0) is 20.5 Å². The summed E-state index contributed by atoms with van der Waals surface area (Å²) in [6.45, 7) is 0. The van der Waals surface area contributed by atoms with Crippen LogP contribution in [0, 0.1) is 0 Å². The van der Waals surface area contributed by atoms with E-state index >= 15 is 0 Å². The van der Waals surface area contributed by atoms with E-state index in [1.165, 1.54) is 18.2 Å². The fourth-order valence-corrected chi connectivity index (χ4v) is 3.01. The van der Waals surface area contributed by atoms with Gasteiger partial charge in [0.1, 0.15) is 6.16 Å². The zero-order chi connectivity index (χ0) is 16.8.